The molecule has 0 aliphatic rings. The van der Waals surface area contributed by atoms with Crippen LogP contribution >= 0.6 is 0 Å². The molecule has 0 aliphatic carbocycles. The molecule has 1 aromatic carbocycles. The normalized spacial score (nSPS) is 14.7. The van der Waals surface area contributed by atoms with Crippen molar-refractivity contribution in [3.05, 3.63) is 23.8 Å². The highest BCUT2D eigenvalue weighted by molar-refractivity contribution is 5.40. The Morgan fingerprint density at radius 1 is 1.25 bits per heavy atom. The number of hydrogen-bond acceptors (Lipinski definition) is 5. The van der Waals surface area contributed by atoms with E-state index in [4.69, 9.17) is 5.11 Å². The molecular weight excluding hydrogens is 210 g/mol. The molecule has 0 aliphatic heterocycles. The van der Waals surface area contributed by atoms with Crippen LogP contribution < -0.4 is 5.32 Å². The van der Waals surface area contributed by atoms with Gasteiger partial charge in [-0.2, -0.15) is 0 Å². The molecule has 0 aromatic heterocycles. The highest BCUT2D eigenvalue weighted by Gasteiger charge is 2.20. The molecule has 0 fully saturated rings. The van der Waals surface area contributed by atoms with E-state index in [1.165, 1.54) is 12.1 Å². The van der Waals surface area contributed by atoms with E-state index in [2.05, 4.69) is 5.32 Å². The number of phenolic OH excluding ortho intramolecular Hbond substituents is 2. The van der Waals surface area contributed by atoms with Gasteiger partial charge in [0.25, 0.3) is 0 Å². The second-order valence-corrected chi connectivity index (χ2v) is 3.65. The van der Waals surface area contributed by atoms with Crippen LogP contribution in [0.1, 0.15) is 18.1 Å². The first kappa shape index (κ1) is 12.8. The van der Waals surface area contributed by atoms with Gasteiger partial charge in [-0.05, 0) is 32.1 Å². The van der Waals surface area contributed by atoms with Gasteiger partial charge >= 0.3 is 0 Å². The van der Waals surface area contributed by atoms with Gasteiger partial charge in [0.15, 0.2) is 0 Å². The smallest absolute Gasteiger partial charge is 0.125 e. The van der Waals surface area contributed by atoms with Crippen LogP contribution in [0.2, 0.25) is 0 Å². The molecule has 2 unspecified atom stereocenters. The first-order valence-electron chi connectivity index (χ1n) is 5.09. The number of hydrogen-bond donors (Lipinski definition) is 5. The first-order valence-corrected chi connectivity index (χ1v) is 5.09. The number of aliphatic hydroxyl groups is 2. The van der Waals surface area contributed by atoms with Gasteiger partial charge in [-0.25, -0.2) is 0 Å². The van der Waals surface area contributed by atoms with Crippen LogP contribution in [-0.2, 0) is 0 Å². The van der Waals surface area contributed by atoms with Crippen molar-refractivity contribution in [2.45, 2.75) is 18.6 Å². The van der Waals surface area contributed by atoms with Crippen LogP contribution in [0.4, 0.5) is 0 Å². The molecular formula is C11H17NO4. The predicted octanol–water partition coefficient (Wildman–Crippen LogP) is 0.102. The summed E-state index contributed by atoms with van der Waals surface area (Å²) in [5.74, 6) is -0.311. The third kappa shape index (κ3) is 3.10. The molecule has 5 nitrogen and oxygen atoms in total. The number of rotatable bonds is 5. The molecule has 1 aromatic rings. The minimum absolute atomic E-state index is 0.0850. The molecule has 16 heavy (non-hydrogen) atoms. The number of nitrogens with one attached hydrogen (secondary N) is 1. The van der Waals surface area contributed by atoms with Crippen molar-refractivity contribution < 1.29 is 20.4 Å². The van der Waals surface area contributed by atoms with Gasteiger partial charge < -0.3 is 25.7 Å². The van der Waals surface area contributed by atoms with Gasteiger partial charge in [-0.1, -0.05) is 0 Å². The highest BCUT2D eigenvalue weighted by Crippen LogP contribution is 2.30. The molecule has 1 rings (SSSR count). The maximum atomic E-state index is 9.77. The standard InChI is InChI=1S/C11H17NO4/c1-12-5-4-9(14)11(16)8-3-2-7(13)6-10(8)15/h2-3,6,9,11-16H,4-5H2,1H3. The highest BCUT2D eigenvalue weighted by atomic mass is 16.3. The average molecular weight is 227 g/mol. The third-order valence-electron chi connectivity index (χ3n) is 2.39. The van der Waals surface area contributed by atoms with Crippen LogP contribution in [0.15, 0.2) is 18.2 Å². The minimum atomic E-state index is -1.16. The summed E-state index contributed by atoms with van der Waals surface area (Å²) >= 11 is 0. The van der Waals surface area contributed by atoms with Gasteiger partial charge in [-0.3, -0.25) is 0 Å². The minimum Gasteiger partial charge on any atom is -0.508 e. The Kier molecular flexibility index (Phi) is 4.54. The summed E-state index contributed by atoms with van der Waals surface area (Å²) in [4.78, 5) is 0. The monoisotopic (exact) mass is 227 g/mol. The number of aromatic hydroxyl groups is 2. The summed E-state index contributed by atoms with van der Waals surface area (Å²) in [5, 5.41) is 40.8. The summed E-state index contributed by atoms with van der Waals surface area (Å²) in [6.07, 6.45) is -1.74. The average Bonchev–Trinajstić information content (AvgIpc) is 2.25. The molecule has 0 saturated heterocycles. The fourth-order valence-electron chi connectivity index (χ4n) is 1.44. The Labute approximate surface area is 94.0 Å². The van der Waals surface area contributed by atoms with Gasteiger partial charge in [0.1, 0.15) is 17.6 Å². The molecule has 0 amide bonds. The number of benzene rings is 1. The summed E-state index contributed by atoms with van der Waals surface area (Å²) in [5.41, 5.74) is 0.210. The van der Waals surface area contributed by atoms with Crippen LogP contribution in [0.3, 0.4) is 0 Å². The van der Waals surface area contributed by atoms with Gasteiger partial charge in [-0.15, -0.1) is 0 Å². The molecule has 90 valence electrons. The van der Waals surface area contributed by atoms with E-state index in [9.17, 15) is 15.3 Å². The van der Waals surface area contributed by atoms with Crippen molar-refractivity contribution >= 4 is 0 Å². The lowest BCUT2D eigenvalue weighted by Gasteiger charge is -2.18. The SMILES string of the molecule is CNCCC(O)C(O)c1ccc(O)cc1O. The van der Waals surface area contributed by atoms with E-state index >= 15 is 0 Å². The van der Waals surface area contributed by atoms with E-state index in [1.54, 1.807) is 7.05 Å². The largest absolute Gasteiger partial charge is 0.508 e. The molecule has 5 N–H and O–H groups in total. The molecule has 0 saturated carbocycles. The molecule has 0 bridgehead atoms. The number of aliphatic hydroxyl groups excluding tert-OH is 2. The Morgan fingerprint density at radius 3 is 2.50 bits per heavy atom. The Bertz CT molecular complexity index is 343. The quantitative estimate of drug-likeness (QED) is 0.492. The zero-order valence-electron chi connectivity index (χ0n) is 9.09. The van der Waals surface area contributed by atoms with Crippen molar-refractivity contribution in [1.82, 2.24) is 5.32 Å². The predicted molar refractivity (Wildman–Crippen MR) is 59.3 cm³/mol. The topological polar surface area (TPSA) is 93.0 Å². The molecule has 0 radical (unpaired) electrons. The Hall–Kier alpha value is -1.30. The van der Waals surface area contributed by atoms with E-state index in [-0.39, 0.29) is 17.1 Å². The van der Waals surface area contributed by atoms with E-state index < -0.39 is 12.2 Å². The summed E-state index contributed by atoms with van der Waals surface area (Å²) in [6, 6.07) is 3.87. The number of phenols is 2. The molecule has 0 spiro atoms. The van der Waals surface area contributed by atoms with Crippen LogP contribution in [0.25, 0.3) is 0 Å². The first-order chi connectivity index (χ1) is 7.56. The van der Waals surface area contributed by atoms with Gasteiger partial charge in [0, 0.05) is 11.6 Å². The lowest BCUT2D eigenvalue weighted by Crippen LogP contribution is -2.23. The van der Waals surface area contributed by atoms with Crippen molar-refractivity contribution in [3.63, 3.8) is 0 Å². The van der Waals surface area contributed by atoms with Crippen LogP contribution in [0, 0.1) is 0 Å². The van der Waals surface area contributed by atoms with Gasteiger partial charge in [0.05, 0.1) is 6.10 Å². The van der Waals surface area contributed by atoms with Crippen LogP contribution in [0.5, 0.6) is 11.5 Å². The third-order valence-corrected chi connectivity index (χ3v) is 2.39. The second-order valence-electron chi connectivity index (χ2n) is 3.65. The lowest BCUT2D eigenvalue weighted by molar-refractivity contribution is 0.0127. The zero-order valence-corrected chi connectivity index (χ0v) is 9.09. The zero-order chi connectivity index (χ0) is 12.1. The summed E-state index contributed by atoms with van der Waals surface area (Å²) in [7, 11) is 1.75. The van der Waals surface area contributed by atoms with Crippen molar-refractivity contribution in [1.29, 1.82) is 0 Å². The van der Waals surface area contributed by atoms with Crippen LogP contribution in [-0.4, -0.2) is 40.1 Å². The molecule has 2 atom stereocenters. The Morgan fingerprint density at radius 2 is 1.94 bits per heavy atom. The maximum Gasteiger partial charge on any atom is 0.125 e. The van der Waals surface area contributed by atoms with Gasteiger partial charge in [0.2, 0.25) is 0 Å². The van der Waals surface area contributed by atoms with Crippen molar-refractivity contribution in [3.8, 4) is 11.5 Å². The lowest BCUT2D eigenvalue weighted by atomic mass is 10.0. The summed E-state index contributed by atoms with van der Waals surface area (Å²) < 4.78 is 0. The maximum absolute atomic E-state index is 9.77. The Balaban J connectivity index is 2.75. The fourth-order valence-corrected chi connectivity index (χ4v) is 1.44. The van der Waals surface area contributed by atoms with E-state index in [0.717, 1.165) is 6.07 Å². The van der Waals surface area contributed by atoms with E-state index in [1.807, 2.05) is 0 Å². The van der Waals surface area contributed by atoms with Crippen molar-refractivity contribution in [2.24, 2.45) is 0 Å². The van der Waals surface area contributed by atoms with Crippen molar-refractivity contribution in [2.75, 3.05) is 13.6 Å². The molecule has 0 heterocycles. The van der Waals surface area contributed by atoms with E-state index in [0.29, 0.717) is 13.0 Å². The second kappa shape index (κ2) is 5.69. The fraction of sp³-hybridized carbons (Fsp3) is 0.455. The summed E-state index contributed by atoms with van der Waals surface area (Å²) in [6.45, 7) is 0.567. The molecule has 5 heteroatoms.